The number of thioether (sulfide) groups is 1. The van der Waals surface area contributed by atoms with Crippen LogP contribution in [0.25, 0.3) is 11.4 Å². The van der Waals surface area contributed by atoms with Crippen LogP contribution in [0.1, 0.15) is 19.4 Å². The highest BCUT2D eigenvalue weighted by atomic mass is 32.2. The van der Waals surface area contributed by atoms with Crippen molar-refractivity contribution in [1.29, 1.82) is 0 Å². The summed E-state index contributed by atoms with van der Waals surface area (Å²) in [7, 11) is 0. The molecule has 3 rings (SSSR count). The molecule has 168 valence electrons. The number of hydrogen-bond donors (Lipinski definition) is 2. The average molecular weight is 463 g/mol. The summed E-state index contributed by atoms with van der Waals surface area (Å²) in [5.74, 6) is -0.0732. The van der Waals surface area contributed by atoms with Gasteiger partial charge in [0.15, 0.2) is 11.0 Å². The van der Waals surface area contributed by atoms with Crippen molar-refractivity contribution in [2.75, 3.05) is 16.4 Å². The van der Waals surface area contributed by atoms with Gasteiger partial charge in [0.25, 0.3) is 0 Å². The van der Waals surface area contributed by atoms with Gasteiger partial charge < -0.3 is 15.2 Å². The molecule has 11 heteroatoms. The lowest BCUT2D eigenvalue weighted by Gasteiger charge is -2.10. The second-order valence-corrected chi connectivity index (χ2v) is 7.67. The minimum atomic E-state index is -4.48. The molecule has 0 aliphatic rings. The molecule has 0 aliphatic heterocycles. The van der Waals surface area contributed by atoms with Gasteiger partial charge in [-0.1, -0.05) is 17.8 Å². The Morgan fingerprint density at radius 2 is 1.75 bits per heavy atom. The van der Waals surface area contributed by atoms with Crippen LogP contribution in [0.15, 0.2) is 53.7 Å². The van der Waals surface area contributed by atoms with Crippen molar-refractivity contribution < 1.29 is 22.8 Å². The molecule has 3 aromatic rings. The van der Waals surface area contributed by atoms with Gasteiger partial charge in [0, 0.05) is 30.4 Å². The molecule has 0 unspecified atom stereocenters. The summed E-state index contributed by atoms with van der Waals surface area (Å²) in [5, 5.41) is 14.0. The van der Waals surface area contributed by atoms with Gasteiger partial charge in [-0.2, -0.15) is 13.2 Å². The predicted molar refractivity (Wildman–Crippen MR) is 116 cm³/mol. The number of nitrogens with zero attached hydrogens (tertiary/aromatic N) is 3. The van der Waals surface area contributed by atoms with Crippen molar-refractivity contribution in [2.45, 2.75) is 31.7 Å². The number of anilines is 2. The second-order valence-electron chi connectivity index (χ2n) is 6.72. The fourth-order valence-corrected chi connectivity index (χ4v) is 3.70. The number of hydrogen-bond acceptors (Lipinski definition) is 5. The van der Waals surface area contributed by atoms with Crippen LogP contribution >= 0.6 is 11.8 Å². The molecule has 2 aromatic carbocycles. The standard InChI is InChI=1S/C21H20F3N5O2S/c1-3-29-19(14-7-9-16(10-8-14)25-13(2)30)27-28-20(29)32-12-18(31)26-17-6-4-5-15(11-17)21(22,23)24/h4-11H,3,12H2,1-2H3,(H,25,30)(H,26,31). The summed E-state index contributed by atoms with van der Waals surface area (Å²) in [6.45, 7) is 3.88. The third-order valence-corrected chi connectivity index (χ3v) is 5.27. The van der Waals surface area contributed by atoms with Crippen LogP contribution in [0, 0.1) is 0 Å². The molecule has 0 spiro atoms. The molecule has 2 N–H and O–H groups in total. The molecule has 0 radical (unpaired) electrons. The number of alkyl halides is 3. The quantitative estimate of drug-likeness (QED) is 0.497. The first-order valence-electron chi connectivity index (χ1n) is 9.58. The van der Waals surface area contributed by atoms with Gasteiger partial charge in [-0.15, -0.1) is 10.2 Å². The third-order valence-electron chi connectivity index (χ3n) is 4.30. The average Bonchev–Trinajstić information content (AvgIpc) is 3.15. The normalized spacial score (nSPS) is 11.3. The van der Waals surface area contributed by atoms with E-state index in [0.717, 1.165) is 29.5 Å². The van der Waals surface area contributed by atoms with Crippen LogP contribution in [-0.2, 0) is 22.3 Å². The minimum absolute atomic E-state index is 0.0458. The van der Waals surface area contributed by atoms with E-state index < -0.39 is 17.6 Å². The van der Waals surface area contributed by atoms with E-state index in [0.29, 0.717) is 23.2 Å². The molecular formula is C21H20F3N5O2S. The van der Waals surface area contributed by atoms with Crippen molar-refractivity contribution in [3.05, 3.63) is 54.1 Å². The highest BCUT2D eigenvalue weighted by molar-refractivity contribution is 7.99. The molecule has 0 aliphatic carbocycles. The van der Waals surface area contributed by atoms with Gasteiger partial charge in [-0.05, 0) is 49.4 Å². The number of halogens is 3. The van der Waals surface area contributed by atoms with Crippen molar-refractivity contribution >= 4 is 35.0 Å². The Morgan fingerprint density at radius 1 is 1.03 bits per heavy atom. The summed E-state index contributed by atoms with van der Waals surface area (Å²) in [6.07, 6.45) is -4.48. The van der Waals surface area contributed by atoms with Gasteiger partial charge >= 0.3 is 6.18 Å². The minimum Gasteiger partial charge on any atom is -0.326 e. The Labute approximate surface area is 186 Å². The van der Waals surface area contributed by atoms with Gasteiger partial charge in [0.05, 0.1) is 11.3 Å². The van der Waals surface area contributed by atoms with Crippen LogP contribution in [0.2, 0.25) is 0 Å². The van der Waals surface area contributed by atoms with Crippen LogP contribution in [0.3, 0.4) is 0 Å². The zero-order chi connectivity index (χ0) is 23.3. The van der Waals surface area contributed by atoms with Crippen molar-refractivity contribution in [3.8, 4) is 11.4 Å². The van der Waals surface area contributed by atoms with E-state index in [1.807, 2.05) is 11.5 Å². The maximum Gasteiger partial charge on any atom is 0.416 e. The Morgan fingerprint density at radius 3 is 2.38 bits per heavy atom. The predicted octanol–water partition coefficient (Wildman–Crippen LogP) is 4.67. The number of aromatic nitrogens is 3. The van der Waals surface area contributed by atoms with E-state index in [4.69, 9.17) is 0 Å². The first-order valence-corrected chi connectivity index (χ1v) is 10.6. The maximum absolute atomic E-state index is 12.8. The summed E-state index contributed by atoms with van der Waals surface area (Å²) >= 11 is 1.13. The SMILES string of the molecule is CCn1c(SCC(=O)Nc2cccc(C(F)(F)F)c2)nnc1-c1ccc(NC(C)=O)cc1. The molecule has 0 saturated carbocycles. The number of carbonyl (C=O) groups is 2. The number of amides is 2. The lowest BCUT2D eigenvalue weighted by atomic mass is 10.2. The van der Waals surface area contributed by atoms with E-state index in [9.17, 15) is 22.8 Å². The molecule has 0 fully saturated rings. The van der Waals surface area contributed by atoms with E-state index in [1.54, 1.807) is 24.3 Å². The van der Waals surface area contributed by atoms with Crippen LogP contribution in [0.4, 0.5) is 24.5 Å². The summed E-state index contributed by atoms with van der Waals surface area (Å²) in [5.41, 5.74) is 0.684. The maximum atomic E-state index is 12.8. The summed E-state index contributed by atoms with van der Waals surface area (Å²) in [6, 6.07) is 11.6. The van der Waals surface area contributed by atoms with Crippen LogP contribution < -0.4 is 10.6 Å². The molecule has 1 heterocycles. The highest BCUT2D eigenvalue weighted by Crippen LogP contribution is 2.31. The summed E-state index contributed by atoms with van der Waals surface area (Å²) in [4.78, 5) is 23.4. The first kappa shape index (κ1) is 23.3. The first-order chi connectivity index (χ1) is 15.2. The Kier molecular flexibility index (Phi) is 7.18. The number of rotatable bonds is 7. The van der Waals surface area contributed by atoms with Crippen LogP contribution in [0.5, 0.6) is 0 Å². The molecule has 0 bridgehead atoms. The monoisotopic (exact) mass is 463 g/mol. The zero-order valence-corrected chi connectivity index (χ0v) is 18.0. The van der Waals surface area contributed by atoms with Gasteiger partial charge in [-0.3, -0.25) is 9.59 Å². The third kappa shape index (κ3) is 5.88. The molecular weight excluding hydrogens is 443 g/mol. The van der Waals surface area contributed by atoms with Gasteiger partial charge in [0.1, 0.15) is 0 Å². The molecule has 1 aromatic heterocycles. The number of benzene rings is 2. The van der Waals surface area contributed by atoms with E-state index in [-0.39, 0.29) is 17.3 Å². The van der Waals surface area contributed by atoms with Crippen molar-refractivity contribution in [2.24, 2.45) is 0 Å². The molecule has 0 saturated heterocycles. The smallest absolute Gasteiger partial charge is 0.326 e. The second kappa shape index (κ2) is 9.86. The Bertz CT molecular complexity index is 1110. The van der Waals surface area contributed by atoms with E-state index >= 15 is 0 Å². The van der Waals surface area contributed by atoms with E-state index in [1.165, 1.54) is 19.1 Å². The fourth-order valence-electron chi connectivity index (χ4n) is 2.90. The number of carbonyl (C=O) groups excluding carboxylic acids is 2. The van der Waals surface area contributed by atoms with Crippen molar-refractivity contribution in [3.63, 3.8) is 0 Å². The van der Waals surface area contributed by atoms with Crippen molar-refractivity contribution in [1.82, 2.24) is 14.8 Å². The fraction of sp³-hybridized carbons (Fsp3) is 0.238. The molecule has 0 atom stereocenters. The number of nitrogens with one attached hydrogen (secondary N) is 2. The zero-order valence-electron chi connectivity index (χ0n) is 17.2. The molecule has 7 nitrogen and oxygen atoms in total. The highest BCUT2D eigenvalue weighted by Gasteiger charge is 2.30. The lowest BCUT2D eigenvalue weighted by molar-refractivity contribution is -0.137. The topological polar surface area (TPSA) is 88.9 Å². The Hall–Kier alpha value is -3.34. The molecule has 2 amide bonds. The largest absolute Gasteiger partial charge is 0.416 e. The Balaban J connectivity index is 1.66. The lowest BCUT2D eigenvalue weighted by Crippen LogP contribution is -2.15. The summed E-state index contributed by atoms with van der Waals surface area (Å²) < 4.78 is 40.3. The van der Waals surface area contributed by atoms with E-state index in [2.05, 4.69) is 20.8 Å². The van der Waals surface area contributed by atoms with Gasteiger partial charge in [0.2, 0.25) is 11.8 Å². The van der Waals surface area contributed by atoms with Gasteiger partial charge in [-0.25, -0.2) is 0 Å². The molecule has 32 heavy (non-hydrogen) atoms. The van der Waals surface area contributed by atoms with Crippen LogP contribution in [-0.4, -0.2) is 32.3 Å².